The second-order valence-corrected chi connectivity index (χ2v) is 7.13. The van der Waals surface area contributed by atoms with E-state index in [2.05, 4.69) is 0 Å². The molecule has 0 spiro atoms. The Balaban J connectivity index is 2.40. The second kappa shape index (κ2) is 6.76. The van der Waals surface area contributed by atoms with Crippen LogP contribution in [-0.4, -0.2) is 25.5 Å². The minimum atomic E-state index is -1.18. The molecule has 0 amide bonds. The molecule has 0 unspecified atom stereocenters. The maximum atomic E-state index is 10.5. The van der Waals surface area contributed by atoms with Gasteiger partial charge in [-0.3, -0.25) is 0 Å². The Labute approximate surface area is 165 Å². The summed E-state index contributed by atoms with van der Waals surface area (Å²) in [5.41, 5.74) is -0.0215. The van der Waals surface area contributed by atoms with Gasteiger partial charge in [0.1, 0.15) is 28.7 Å². The molecule has 0 heterocycles. The molecule has 0 aliphatic carbocycles. The molecule has 0 aromatic heterocycles. The summed E-state index contributed by atoms with van der Waals surface area (Å²) in [4.78, 5) is 0. The van der Waals surface area contributed by atoms with E-state index in [-0.39, 0.29) is 49.9 Å². The van der Waals surface area contributed by atoms with Gasteiger partial charge >= 0.3 is 0 Å². The zero-order valence-electron chi connectivity index (χ0n) is 14.1. The Bertz CT molecular complexity index is 958. The van der Waals surface area contributed by atoms with E-state index in [4.69, 9.17) is 23.2 Å². The van der Waals surface area contributed by atoms with Crippen molar-refractivity contribution in [2.75, 3.05) is 0 Å². The minimum Gasteiger partial charge on any atom is -0.508 e. The van der Waals surface area contributed by atoms with Crippen LogP contribution in [-0.2, 0) is 5.41 Å². The van der Waals surface area contributed by atoms with Crippen LogP contribution in [0.2, 0.25) is 10.0 Å². The highest BCUT2D eigenvalue weighted by Gasteiger charge is 2.37. The van der Waals surface area contributed by atoms with Crippen LogP contribution in [0.3, 0.4) is 0 Å². The highest BCUT2D eigenvalue weighted by molar-refractivity contribution is 6.32. The number of phenolic OH excluding ortho intramolecular Hbond substituents is 5. The summed E-state index contributed by atoms with van der Waals surface area (Å²) in [6.45, 7) is 1.71. The fourth-order valence-corrected chi connectivity index (χ4v) is 3.48. The standard InChI is InChI=1S/C20H16Cl2O5/c1-20(10-2-4-11(23)5-3-10,12-6-14(21)18(26)8-16(12)24)13-7-15(22)19(27)9-17(13)25/h2-9,23-27H,1H3. The van der Waals surface area contributed by atoms with Crippen LogP contribution >= 0.6 is 23.2 Å². The van der Waals surface area contributed by atoms with Gasteiger partial charge < -0.3 is 25.5 Å². The lowest BCUT2D eigenvalue weighted by molar-refractivity contribution is 0.427. The van der Waals surface area contributed by atoms with Gasteiger partial charge in [0.2, 0.25) is 0 Å². The Hall–Kier alpha value is -2.76. The number of rotatable bonds is 3. The highest BCUT2D eigenvalue weighted by atomic mass is 35.5. The third kappa shape index (κ3) is 3.20. The van der Waals surface area contributed by atoms with E-state index in [1.165, 1.54) is 24.3 Å². The molecule has 3 aromatic carbocycles. The molecule has 3 rings (SSSR count). The molecule has 0 saturated carbocycles. The molecule has 5 N–H and O–H groups in total. The van der Waals surface area contributed by atoms with Crippen LogP contribution in [0.15, 0.2) is 48.5 Å². The lowest BCUT2D eigenvalue weighted by Gasteiger charge is -2.33. The Kier molecular flexibility index (Phi) is 4.76. The summed E-state index contributed by atoms with van der Waals surface area (Å²) in [6, 6.07) is 11.2. The van der Waals surface area contributed by atoms with Crippen LogP contribution in [0.5, 0.6) is 28.7 Å². The van der Waals surface area contributed by atoms with Crippen molar-refractivity contribution >= 4 is 23.2 Å². The number of aromatic hydroxyl groups is 5. The van der Waals surface area contributed by atoms with Crippen molar-refractivity contribution in [3.63, 3.8) is 0 Å². The van der Waals surface area contributed by atoms with E-state index in [1.54, 1.807) is 19.1 Å². The smallest absolute Gasteiger partial charge is 0.137 e. The third-order valence-corrected chi connectivity index (χ3v) is 5.26. The monoisotopic (exact) mass is 406 g/mol. The van der Waals surface area contributed by atoms with Crippen molar-refractivity contribution in [3.8, 4) is 28.7 Å². The van der Waals surface area contributed by atoms with Gasteiger partial charge in [-0.1, -0.05) is 35.3 Å². The van der Waals surface area contributed by atoms with Crippen molar-refractivity contribution in [2.45, 2.75) is 12.3 Å². The average molecular weight is 407 g/mol. The van der Waals surface area contributed by atoms with Crippen molar-refractivity contribution < 1.29 is 25.5 Å². The van der Waals surface area contributed by atoms with E-state index in [1.807, 2.05) is 0 Å². The van der Waals surface area contributed by atoms with E-state index in [0.717, 1.165) is 12.1 Å². The van der Waals surface area contributed by atoms with Gasteiger partial charge in [0.05, 0.1) is 10.0 Å². The van der Waals surface area contributed by atoms with E-state index in [0.29, 0.717) is 5.56 Å². The summed E-state index contributed by atoms with van der Waals surface area (Å²) in [7, 11) is 0. The zero-order valence-corrected chi connectivity index (χ0v) is 15.6. The number of benzene rings is 3. The van der Waals surface area contributed by atoms with Crippen LogP contribution < -0.4 is 0 Å². The normalized spacial score (nSPS) is 11.5. The van der Waals surface area contributed by atoms with Crippen LogP contribution in [0.25, 0.3) is 0 Å². The topological polar surface area (TPSA) is 101 Å². The van der Waals surface area contributed by atoms with Gasteiger partial charge in [-0.2, -0.15) is 0 Å². The molecule has 0 atom stereocenters. The molecule has 3 aromatic rings. The first-order valence-corrected chi connectivity index (χ1v) is 8.63. The molecule has 7 heteroatoms. The van der Waals surface area contributed by atoms with E-state index in [9.17, 15) is 25.5 Å². The Morgan fingerprint density at radius 3 is 1.44 bits per heavy atom. The number of phenols is 5. The first-order valence-electron chi connectivity index (χ1n) is 7.88. The molecule has 0 bridgehead atoms. The summed E-state index contributed by atoms with van der Waals surface area (Å²) in [5.74, 6) is -1.05. The third-order valence-electron chi connectivity index (χ3n) is 4.65. The number of hydrogen-bond acceptors (Lipinski definition) is 5. The summed E-state index contributed by atoms with van der Waals surface area (Å²) >= 11 is 12.1. The first kappa shape index (κ1) is 19.0. The minimum absolute atomic E-state index is 0.0113. The van der Waals surface area contributed by atoms with Crippen LogP contribution in [0.4, 0.5) is 0 Å². The molecule has 0 aliphatic rings. The van der Waals surface area contributed by atoms with Crippen LogP contribution in [0.1, 0.15) is 23.6 Å². The fourth-order valence-electron chi connectivity index (χ4n) is 3.15. The van der Waals surface area contributed by atoms with Crippen molar-refractivity contribution in [3.05, 3.63) is 75.3 Å². The van der Waals surface area contributed by atoms with E-state index >= 15 is 0 Å². The molecule has 0 radical (unpaired) electrons. The van der Waals surface area contributed by atoms with Gasteiger partial charge in [0.15, 0.2) is 0 Å². The predicted octanol–water partition coefficient (Wildman–Crippen LogP) is 4.88. The largest absolute Gasteiger partial charge is 0.508 e. The van der Waals surface area contributed by atoms with Gasteiger partial charge in [0, 0.05) is 28.7 Å². The maximum absolute atomic E-state index is 10.5. The maximum Gasteiger partial charge on any atom is 0.137 e. The highest BCUT2D eigenvalue weighted by Crippen LogP contribution is 2.49. The first-order chi connectivity index (χ1) is 12.6. The second-order valence-electron chi connectivity index (χ2n) is 6.31. The number of hydrogen-bond donors (Lipinski definition) is 5. The Morgan fingerprint density at radius 2 is 1.04 bits per heavy atom. The lowest BCUT2D eigenvalue weighted by Crippen LogP contribution is -2.25. The van der Waals surface area contributed by atoms with E-state index < -0.39 is 5.41 Å². The molecule has 27 heavy (non-hydrogen) atoms. The SMILES string of the molecule is CC(c1ccc(O)cc1)(c1cc(Cl)c(O)cc1O)c1cc(Cl)c(O)cc1O. The summed E-state index contributed by atoms with van der Waals surface area (Å²) < 4.78 is 0. The quantitative estimate of drug-likeness (QED) is 0.399. The predicted molar refractivity (Wildman–Crippen MR) is 103 cm³/mol. The Morgan fingerprint density at radius 1 is 0.630 bits per heavy atom. The number of halogens is 2. The van der Waals surface area contributed by atoms with Gasteiger partial charge in [-0.15, -0.1) is 0 Å². The summed E-state index contributed by atoms with van der Waals surface area (Å²) in [6.07, 6.45) is 0. The average Bonchev–Trinajstić information content (AvgIpc) is 2.61. The molecular weight excluding hydrogens is 391 g/mol. The van der Waals surface area contributed by atoms with Gasteiger partial charge in [-0.25, -0.2) is 0 Å². The van der Waals surface area contributed by atoms with Crippen molar-refractivity contribution in [2.24, 2.45) is 0 Å². The molecule has 0 saturated heterocycles. The molecular formula is C20H16Cl2O5. The van der Waals surface area contributed by atoms with Gasteiger partial charge in [-0.05, 0) is 36.8 Å². The molecule has 0 aliphatic heterocycles. The fraction of sp³-hybridized carbons (Fsp3) is 0.100. The van der Waals surface area contributed by atoms with Gasteiger partial charge in [0.25, 0.3) is 0 Å². The van der Waals surface area contributed by atoms with Crippen molar-refractivity contribution in [1.29, 1.82) is 0 Å². The van der Waals surface area contributed by atoms with Crippen molar-refractivity contribution in [1.82, 2.24) is 0 Å². The lowest BCUT2D eigenvalue weighted by atomic mass is 9.70. The molecule has 0 fully saturated rings. The summed E-state index contributed by atoms with van der Waals surface area (Å²) in [5, 5.41) is 50.2. The van der Waals surface area contributed by atoms with Crippen LogP contribution in [0, 0.1) is 0 Å². The molecule has 140 valence electrons. The zero-order chi connectivity index (χ0) is 19.9. The molecule has 5 nitrogen and oxygen atoms in total.